The molecule has 2 rings (SSSR count). The molecule has 0 radical (unpaired) electrons. The topological polar surface area (TPSA) is 38.7 Å². The lowest BCUT2D eigenvalue weighted by molar-refractivity contribution is -0.0613. The van der Waals surface area contributed by atoms with Gasteiger partial charge in [0.1, 0.15) is 0 Å². The number of aliphatic hydroxyl groups excluding tert-OH is 1. The van der Waals surface area contributed by atoms with Gasteiger partial charge in [-0.15, -0.1) is 0 Å². The lowest BCUT2D eigenvalue weighted by Gasteiger charge is -2.12. The highest BCUT2D eigenvalue weighted by atomic mass is 35.5. The van der Waals surface area contributed by atoms with E-state index in [-0.39, 0.29) is 19.0 Å². The molecule has 1 aromatic carbocycles. The van der Waals surface area contributed by atoms with E-state index in [4.69, 9.17) is 26.2 Å². The summed E-state index contributed by atoms with van der Waals surface area (Å²) in [6.07, 6.45) is 2.46. The van der Waals surface area contributed by atoms with Gasteiger partial charge in [-0.25, -0.2) is 0 Å². The van der Waals surface area contributed by atoms with Gasteiger partial charge in [0.2, 0.25) is 0 Å². The predicted octanol–water partition coefficient (Wildman–Crippen LogP) is 2.92. The van der Waals surface area contributed by atoms with Gasteiger partial charge in [-0.1, -0.05) is 29.8 Å². The third-order valence-corrected chi connectivity index (χ3v) is 3.19. The van der Waals surface area contributed by atoms with Crippen molar-refractivity contribution in [2.45, 2.75) is 31.7 Å². The second-order valence-corrected chi connectivity index (χ2v) is 4.57. The first kappa shape index (κ1) is 12.8. The summed E-state index contributed by atoms with van der Waals surface area (Å²) in [5.41, 5.74) is 0.888. The minimum absolute atomic E-state index is 0.114. The highest BCUT2D eigenvalue weighted by Crippen LogP contribution is 2.32. The molecule has 2 atom stereocenters. The maximum Gasteiger partial charge on any atom is 0.185 e. The van der Waals surface area contributed by atoms with Gasteiger partial charge in [0.25, 0.3) is 0 Å². The van der Waals surface area contributed by atoms with Crippen LogP contribution in [0.2, 0.25) is 5.02 Å². The SMILES string of the molecule is OCCCC[C@@H]1CO[C@H](c2ccccc2Cl)O1. The first-order valence-electron chi connectivity index (χ1n) is 5.93. The van der Waals surface area contributed by atoms with Crippen molar-refractivity contribution in [2.24, 2.45) is 0 Å². The van der Waals surface area contributed by atoms with E-state index in [9.17, 15) is 0 Å². The van der Waals surface area contributed by atoms with E-state index < -0.39 is 0 Å². The van der Waals surface area contributed by atoms with E-state index >= 15 is 0 Å². The quantitative estimate of drug-likeness (QED) is 0.824. The lowest BCUT2D eigenvalue weighted by Crippen LogP contribution is -2.09. The Bertz CT molecular complexity index is 356. The Hall–Kier alpha value is -0.610. The van der Waals surface area contributed by atoms with Crippen molar-refractivity contribution >= 4 is 11.6 Å². The smallest absolute Gasteiger partial charge is 0.185 e. The number of unbranched alkanes of at least 4 members (excludes halogenated alkanes) is 1. The van der Waals surface area contributed by atoms with E-state index in [1.165, 1.54) is 0 Å². The van der Waals surface area contributed by atoms with E-state index in [1.807, 2.05) is 24.3 Å². The molecule has 0 amide bonds. The number of benzene rings is 1. The molecule has 0 aliphatic carbocycles. The minimum Gasteiger partial charge on any atom is -0.396 e. The number of rotatable bonds is 5. The Morgan fingerprint density at radius 2 is 2.12 bits per heavy atom. The Morgan fingerprint density at radius 1 is 1.29 bits per heavy atom. The molecule has 0 spiro atoms. The van der Waals surface area contributed by atoms with Crippen molar-refractivity contribution in [1.29, 1.82) is 0 Å². The van der Waals surface area contributed by atoms with Crippen LogP contribution in [0, 0.1) is 0 Å². The Morgan fingerprint density at radius 3 is 2.88 bits per heavy atom. The summed E-state index contributed by atoms with van der Waals surface area (Å²) in [6.45, 7) is 0.836. The van der Waals surface area contributed by atoms with Crippen LogP contribution in [0.15, 0.2) is 24.3 Å². The number of aliphatic hydroxyl groups is 1. The molecule has 1 aliphatic heterocycles. The number of hydrogen-bond acceptors (Lipinski definition) is 3. The van der Waals surface area contributed by atoms with Crippen molar-refractivity contribution in [3.8, 4) is 0 Å². The van der Waals surface area contributed by atoms with Crippen molar-refractivity contribution in [2.75, 3.05) is 13.2 Å². The van der Waals surface area contributed by atoms with Gasteiger partial charge < -0.3 is 14.6 Å². The Kier molecular flexibility index (Phi) is 4.80. The van der Waals surface area contributed by atoms with Gasteiger partial charge in [0.15, 0.2) is 6.29 Å². The van der Waals surface area contributed by atoms with Crippen LogP contribution in [-0.4, -0.2) is 24.4 Å². The first-order chi connectivity index (χ1) is 8.31. The summed E-state index contributed by atoms with van der Waals surface area (Å²) in [5, 5.41) is 9.39. The zero-order chi connectivity index (χ0) is 12.1. The van der Waals surface area contributed by atoms with E-state index in [2.05, 4.69) is 0 Å². The van der Waals surface area contributed by atoms with Crippen molar-refractivity contribution in [3.05, 3.63) is 34.9 Å². The van der Waals surface area contributed by atoms with Crippen molar-refractivity contribution < 1.29 is 14.6 Å². The first-order valence-corrected chi connectivity index (χ1v) is 6.31. The van der Waals surface area contributed by atoms with Crippen LogP contribution >= 0.6 is 11.6 Å². The lowest BCUT2D eigenvalue weighted by atomic mass is 10.2. The summed E-state index contributed by atoms with van der Waals surface area (Å²) in [6, 6.07) is 7.57. The molecule has 1 heterocycles. The maximum absolute atomic E-state index is 8.72. The molecular weight excluding hydrogens is 240 g/mol. The highest BCUT2D eigenvalue weighted by molar-refractivity contribution is 6.31. The van der Waals surface area contributed by atoms with Crippen LogP contribution in [0.4, 0.5) is 0 Å². The van der Waals surface area contributed by atoms with E-state index in [1.54, 1.807) is 0 Å². The molecule has 1 aromatic rings. The normalized spacial score (nSPS) is 24.1. The third kappa shape index (κ3) is 3.42. The van der Waals surface area contributed by atoms with Crippen LogP contribution in [0.3, 0.4) is 0 Å². The molecule has 0 unspecified atom stereocenters. The fraction of sp³-hybridized carbons (Fsp3) is 0.538. The summed E-state index contributed by atoms with van der Waals surface area (Å²) >= 11 is 6.09. The highest BCUT2D eigenvalue weighted by Gasteiger charge is 2.27. The van der Waals surface area contributed by atoms with Gasteiger partial charge in [-0.3, -0.25) is 0 Å². The largest absolute Gasteiger partial charge is 0.396 e. The average molecular weight is 257 g/mol. The molecule has 1 saturated heterocycles. The van der Waals surface area contributed by atoms with Crippen LogP contribution in [0.25, 0.3) is 0 Å². The van der Waals surface area contributed by atoms with Gasteiger partial charge in [0.05, 0.1) is 12.7 Å². The Balaban J connectivity index is 1.87. The number of halogens is 1. The molecule has 17 heavy (non-hydrogen) atoms. The van der Waals surface area contributed by atoms with Gasteiger partial charge >= 0.3 is 0 Å². The molecule has 0 saturated carbocycles. The molecule has 94 valence electrons. The average Bonchev–Trinajstić information content (AvgIpc) is 2.79. The molecule has 3 nitrogen and oxygen atoms in total. The fourth-order valence-corrected chi connectivity index (χ4v) is 2.14. The molecule has 4 heteroatoms. The number of hydrogen-bond donors (Lipinski definition) is 1. The second-order valence-electron chi connectivity index (χ2n) is 4.16. The summed E-state index contributed by atoms with van der Waals surface area (Å²) in [7, 11) is 0. The van der Waals surface area contributed by atoms with Crippen molar-refractivity contribution in [1.82, 2.24) is 0 Å². The molecule has 0 aromatic heterocycles. The number of ether oxygens (including phenoxy) is 2. The van der Waals surface area contributed by atoms with E-state index in [0.717, 1.165) is 24.8 Å². The van der Waals surface area contributed by atoms with Crippen LogP contribution in [0.1, 0.15) is 31.1 Å². The van der Waals surface area contributed by atoms with Crippen LogP contribution < -0.4 is 0 Å². The van der Waals surface area contributed by atoms with Gasteiger partial charge in [0, 0.05) is 17.2 Å². The predicted molar refractivity (Wildman–Crippen MR) is 66.0 cm³/mol. The molecular formula is C13H17ClO3. The van der Waals surface area contributed by atoms with Crippen molar-refractivity contribution in [3.63, 3.8) is 0 Å². The summed E-state index contributed by atoms with van der Waals surface area (Å²) < 4.78 is 11.4. The van der Waals surface area contributed by atoms with Crippen LogP contribution in [-0.2, 0) is 9.47 Å². The molecule has 0 bridgehead atoms. The zero-order valence-electron chi connectivity index (χ0n) is 9.64. The van der Waals surface area contributed by atoms with Crippen LogP contribution in [0.5, 0.6) is 0 Å². The second kappa shape index (κ2) is 6.36. The Labute approximate surface area is 106 Å². The third-order valence-electron chi connectivity index (χ3n) is 2.84. The summed E-state index contributed by atoms with van der Waals surface area (Å²) in [5.74, 6) is 0. The standard InChI is InChI=1S/C13H17ClO3/c14-12-7-2-1-6-11(12)13-16-9-10(17-13)5-3-4-8-15/h1-2,6-7,10,13,15H,3-5,8-9H2/t10-,13+/m1/s1. The fourth-order valence-electron chi connectivity index (χ4n) is 1.91. The molecule has 1 aliphatic rings. The van der Waals surface area contributed by atoms with Gasteiger partial charge in [-0.2, -0.15) is 0 Å². The molecule has 1 fully saturated rings. The monoisotopic (exact) mass is 256 g/mol. The molecule has 1 N–H and O–H groups in total. The maximum atomic E-state index is 8.72. The van der Waals surface area contributed by atoms with Gasteiger partial charge in [-0.05, 0) is 25.3 Å². The zero-order valence-corrected chi connectivity index (χ0v) is 10.4. The summed E-state index contributed by atoms with van der Waals surface area (Å²) in [4.78, 5) is 0. The van der Waals surface area contributed by atoms with E-state index in [0.29, 0.717) is 11.6 Å². The minimum atomic E-state index is -0.345.